The third-order valence-corrected chi connectivity index (χ3v) is 6.83. The Hall–Kier alpha value is -4.50. The number of hydrogen-bond acceptors (Lipinski definition) is 6. The maximum atomic E-state index is 12.8. The van der Waals surface area contributed by atoms with Gasteiger partial charge in [0, 0.05) is 35.1 Å². The maximum absolute atomic E-state index is 12.8. The van der Waals surface area contributed by atoms with Gasteiger partial charge in [-0.05, 0) is 81.5 Å². The number of amides is 1. The van der Waals surface area contributed by atoms with Crippen LogP contribution in [0.25, 0.3) is 28.0 Å². The van der Waals surface area contributed by atoms with Gasteiger partial charge in [-0.1, -0.05) is 6.07 Å². The predicted molar refractivity (Wildman–Crippen MR) is 145 cm³/mol. The molecule has 3 aromatic heterocycles. The van der Waals surface area contributed by atoms with E-state index in [4.69, 9.17) is 0 Å². The highest BCUT2D eigenvalue weighted by atomic mass is 16.1. The van der Waals surface area contributed by atoms with Crippen molar-refractivity contribution >= 4 is 28.4 Å². The molecule has 6 rings (SSSR count). The Morgan fingerprint density at radius 1 is 1.05 bits per heavy atom. The van der Waals surface area contributed by atoms with E-state index in [0.29, 0.717) is 17.4 Å². The molecule has 0 radical (unpaired) electrons. The number of carbonyl (C=O) groups excluding carboxylic acids is 1. The summed E-state index contributed by atoms with van der Waals surface area (Å²) in [5.41, 5.74) is 6.04. The first-order valence-electron chi connectivity index (χ1n) is 12.4. The first-order chi connectivity index (χ1) is 18.1. The Morgan fingerprint density at radius 2 is 1.89 bits per heavy atom. The van der Waals surface area contributed by atoms with E-state index in [1.165, 1.54) is 0 Å². The molecule has 0 saturated carbocycles. The number of hydrogen-bond donors (Lipinski definition) is 3. The summed E-state index contributed by atoms with van der Waals surface area (Å²) in [5.74, 6) is 0.348. The van der Waals surface area contributed by atoms with Crippen molar-refractivity contribution < 1.29 is 4.79 Å². The Balaban J connectivity index is 1.14. The average Bonchev–Trinajstić information content (AvgIpc) is 3.58. The molecule has 0 unspecified atom stereocenters. The summed E-state index contributed by atoms with van der Waals surface area (Å²) >= 11 is 0. The fourth-order valence-electron chi connectivity index (χ4n) is 4.70. The van der Waals surface area contributed by atoms with Crippen LogP contribution in [0.3, 0.4) is 0 Å². The maximum Gasteiger partial charge on any atom is 0.256 e. The number of benzene rings is 2. The van der Waals surface area contributed by atoms with Gasteiger partial charge in [0.05, 0.1) is 28.6 Å². The van der Waals surface area contributed by atoms with Crippen molar-refractivity contribution in [3.05, 3.63) is 84.9 Å². The zero-order chi connectivity index (χ0) is 25.2. The van der Waals surface area contributed by atoms with E-state index >= 15 is 0 Å². The van der Waals surface area contributed by atoms with Crippen LogP contribution in [0.2, 0.25) is 0 Å². The number of nitrogens with zero attached hydrogens (tertiary/aromatic N) is 5. The van der Waals surface area contributed by atoms with Crippen molar-refractivity contribution in [1.29, 1.82) is 0 Å². The third-order valence-electron chi connectivity index (χ3n) is 6.83. The zero-order valence-electron chi connectivity index (χ0n) is 20.6. The van der Waals surface area contributed by atoms with E-state index < -0.39 is 0 Å². The van der Waals surface area contributed by atoms with E-state index in [9.17, 15) is 4.79 Å². The van der Waals surface area contributed by atoms with Crippen LogP contribution in [0, 0.1) is 0 Å². The minimum atomic E-state index is -0.189. The summed E-state index contributed by atoms with van der Waals surface area (Å²) in [7, 11) is 2.16. The molecule has 9 heteroatoms. The number of rotatable bonds is 6. The van der Waals surface area contributed by atoms with Crippen molar-refractivity contribution in [2.75, 3.05) is 30.8 Å². The van der Waals surface area contributed by atoms with Crippen molar-refractivity contribution in [2.45, 2.75) is 18.9 Å². The molecular weight excluding hydrogens is 464 g/mol. The Morgan fingerprint density at radius 3 is 2.68 bits per heavy atom. The molecule has 1 aliphatic heterocycles. The van der Waals surface area contributed by atoms with E-state index in [1.807, 2.05) is 65.2 Å². The lowest BCUT2D eigenvalue weighted by molar-refractivity contribution is 0.102. The molecule has 5 aromatic rings. The molecule has 1 aliphatic rings. The Bertz CT molecular complexity index is 1520. The summed E-state index contributed by atoms with van der Waals surface area (Å²) in [5, 5.41) is 13.8. The Labute approximate surface area is 214 Å². The number of aromatic nitrogens is 5. The van der Waals surface area contributed by atoms with Crippen LogP contribution in [0.4, 0.5) is 11.5 Å². The molecule has 2 aromatic carbocycles. The minimum absolute atomic E-state index is 0.189. The van der Waals surface area contributed by atoms with Crippen LogP contribution in [-0.4, -0.2) is 61.7 Å². The Kier molecular flexibility index (Phi) is 6.11. The summed E-state index contributed by atoms with van der Waals surface area (Å²) in [6.45, 7) is 2.21. The topological polar surface area (TPSA) is 104 Å². The average molecular weight is 493 g/mol. The molecule has 0 bridgehead atoms. The summed E-state index contributed by atoms with van der Waals surface area (Å²) < 4.78 is 1.99. The molecule has 1 amide bonds. The number of aromatic amines is 1. The lowest BCUT2D eigenvalue weighted by atomic mass is 10.0. The molecule has 0 atom stereocenters. The van der Waals surface area contributed by atoms with Gasteiger partial charge < -0.3 is 15.5 Å². The van der Waals surface area contributed by atoms with E-state index in [0.717, 1.165) is 59.6 Å². The fourth-order valence-corrected chi connectivity index (χ4v) is 4.70. The van der Waals surface area contributed by atoms with Crippen molar-refractivity contribution in [3.63, 3.8) is 0 Å². The number of fused-ring (bicyclic) bond motifs is 1. The summed E-state index contributed by atoms with van der Waals surface area (Å²) in [4.78, 5) is 23.9. The van der Waals surface area contributed by atoms with Crippen LogP contribution in [0.5, 0.6) is 0 Å². The van der Waals surface area contributed by atoms with E-state index in [1.54, 1.807) is 18.7 Å². The molecule has 1 fully saturated rings. The quantitative estimate of drug-likeness (QED) is 0.321. The van der Waals surface area contributed by atoms with Gasteiger partial charge in [-0.25, -0.2) is 4.98 Å². The summed E-state index contributed by atoms with van der Waals surface area (Å²) in [6, 6.07) is 19.8. The highest BCUT2D eigenvalue weighted by Crippen LogP contribution is 2.26. The molecular formula is C28H28N8O. The fraction of sp³-hybridized carbons (Fsp3) is 0.214. The molecule has 37 heavy (non-hydrogen) atoms. The van der Waals surface area contributed by atoms with Gasteiger partial charge in [-0.15, -0.1) is 0 Å². The largest absolute Gasteiger partial charge is 0.382 e. The standard InChI is InChI=1S/C28H28N8O/c1-35-13-10-22(11-14-35)31-21-7-4-19(5-8-21)28(37)32-27-16-25(33-34-27)20-6-9-24-26(15-20)36(18-30-24)23-3-2-12-29-17-23/h2-9,12,15-18,22,31H,10-11,13-14H2,1H3,(H2,32,33,34,37). The van der Waals surface area contributed by atoms with Gasteiger partial charge in [0.25, 0.3) is 5.91 Å². The number of piperidine rings is 1. The number of anilines is 2. The van der Waals surface area contributed by atoms with Gasteiger partial charge in [-0.2, -0.15) is 5.10 Å². The normalized spacial score (nSPS) is 14.6. The van der Waals surface area contributed by atoms with Gasteiger partial charge in [0.15, 0.2) is 0 Å². The third kappa shape index (κ3) is 4.94. The van der Waals surface area contributed by atoms with E-state index in [-0.39, 0.29) is 5.91 Å². The van der Waals surface area contributed by atoms with Gasteiger partial charge >= 0.3 is 0 Å². The number of carbonyl (C=O) groups is 1. The van der Waals surface area contributed by atoms with Gasteiger partial charge in [0.1, 0.15) is 12.1 Å². The molecule has 0 aliphatic carbocycles. The predicted octanol–water partition coefficient (Wildman–Crippen LogP) is 4.57. The highest BCUT2D eigenvalue weighted by molar-refractivity contribution is 6.04. The molecule has 9 nitrogen and oxygen atoms in total. The first-order valence-corrected chi connectivity index (χ1v) is 12.4. The second-order valence-electron chi connectivity index (χ2n) is 9.45. The highest BCUT2D eigenvalue weighted by Gasteiger charge is 2.17. The molecule has 4 heterocycles. The van der Waals surface area contributed by atoms with Gasteiger partial charge in [0.2, 0.25) is 0 Å². The smallest absolute Gasteiger partial charge is 0.256 e. The zero-order valence-corrected chi connectivity index (χ0v) is 20.6. The van der Waals surface area contributed by atoms with Crippen LogP contribution in [-0.2, 0) is 0 Å². The lowest BCUT2D eigenvalue weighted by Crippen LogP contribution is -2.36. The van der Waals surface area contributed by atoms with Gasteiger partial charge in [-0.3, -0.25) is 19.4 Å². The van der Waals surface area contributed by atoms with Crippen molar-refractivity contribution in [1.82, 2.24) is 29.6 Å². The number of imidazole rings is 1. The van der Waals surface area contributed by atoms with Crippen LogP contribution >= 0.6 is 0 Å². The number of likely N-dealkylation sites (tertiary alicyclic amines) is 1. The number of pyridine rings is 1. The second-order valence-corrected chi connectivity index (χ2v) is 9.45. The van der Waals surface area contributed by atoms with Crippen LogP contribution in [0.15, 0.2) is 79.4 Å². The second kappa shape index (κ2) is 9.87. The summed E-state index contributed by atoms with van der Waals surface area (Å²) in [6.07, 6.45) is 7.58. The number of H-pyrrole nitrogens is 1. The molecule has 0 spiro atoms. The lowest BCUT2D eigenvalue weighted by Gasteiger charge is -2.30. The molecule has 1 saturated heterocycles. The van der Waals surface area contributed by atoms with Crippen molar-refractivity contribution in [3.8, 4) is 16.9 Å². The molecule has 186 valence electrons. The minimum Gasteiger partial charge on any atom is -0.382 e. The number of nitrogens with one attached hydrogen (secondary N) is 3. The molecule has 3 N–H and O–H groups in total. The SMILES string of the molecule is CN1CCC(Nc2ccc(C(=O)Nc3cc(-c4ccc5ncn(-c6cccnc6)c5c4)n[nH]3)cc2)CC1. The van der Waals surface area contributed by atoms with Crippen molar-refractivity contribution in [2.24, 2.45) is 0 Å². The van der Waals surface area contributed by atoms with Crippen LogP contribution in [0.1, 0.15) is 23.2 Å². The monoisotopic (exact) mass is 492 g/mol. The van der Waals surface area contributed by atoms with E-state index in [2.05, 4.69) is 42.7 Å². The van der Waals surface area contributed by atoms with Crippen LogP contribution < -0.4 is 10.6 Å². The first kappa shape index (κ1) is 22.9.